The van der Waals surface area contributed by atoms with E-state index in [1.807, 2.05) is 27.7 Å². The predicted octanol–water partition coefficient (Wildman–Crippen LogP) is -1.80. The van der Waals surface area contributed by atoms with Gasteiger partial charge in [-0.2, -0.15) is 0 Å². The van der Waals surface area contributed by atoms with Crippen molar-refractivity contribution in [2.45, 2.75) is 90.6 Å². The summed E-state index contributed by atoms with van der Waals surface area (Å²) in [4.78, 5) is 59.4. The number of amides is 4. The van der Waals surface area contributed by atoms with E-state index in [1.165, 1.54) is 18.6 Å². The Labute approximate surface area is 307 Å². The number of hydrogen-bond donors (Lipinski definition) is 7. The fourth-order valence-electron chi connectivity index (χ4n) is 4.25. The average molecular weight is 665 g/mol. The molecular weight excluding hydrogens is 617 g/mol. The van der Waals surface area contributed by atoms with Crippen LogP contribution in [0.5, 0.6) is 5.75 Å². The van der Waals surface area contributed by atoms with E-state index < -0.39 is 54.4 Å². The third kappa shape index (κ3) is 16.2. The van der Waals surface area contributed by atoms with Gasteiger partial charge in [0.05, 0.1) is 24.4 Å². The van der Waals surface area contributed by atoms with Crippen LogP contribution in [-0.2, 0) is 35.3 Å². The number of carboxylic acids is 1. The van der Waals surface area contributed by atoms with Gasteiger partial charge < -0.3 is 63.6 Å². The van der Waals surface area contributed by atoms with Gasteiger partial charge in [0, 0.05) is 19.4 Å². The topological polar surface area (TPSA) is 228 Å². The molecule has 1 aliphatic rings. The van der Waals surface area contributed by atoms with Crippen molar-refractivity contribution >= 4 is 36.0 Å². The first kappa shape index (κ1) is 44.8. The molecule has 1 heterocycles. The van der Waals surface area contributed by atoms with Gasteiger partial charge >= 0.3 is 63.4 Å². The van der Waals surface area contributed by atoms with Crippen LogP contribution in [0.15, 0.2) is 18.2 Å². The number of carboxylic acid groups (broad SMARTS) is 1. The van der Waals surface area contributed by atoms with Gasteiger partial charge in [0.15, 0.2) is 6.10 Å². The molecule has 250 valence electrons. The van der Waals surface area contributed by atoms with E-state index in [-0.39, 0.29) is 109 Å². The van der Waals surface area contributed by atoms with Crippen molar-refractivity contribution in [3.63, 3.8) is 0 Å². The second-order valence-electron chi connectivity index (χ2n) is 9.83. The minimum Gasteiger partial charge on any atom is -0.650 e. The number of aliphatic carboxylic acids is 1. The summed E-state index contributed by atoms with van der Waals surface area (Å²) in [6.45, 7) is 9.02. The van der Waals surface area contributed by atoms with Crippen molar-refractivity contribution in [1.82, 2.24) is 16.0 Å². The van der Waals surface area contributed by atoms with Crippen LogP contribution in [0.1, 0.15) is 58.9 Å². The summed E-state index contributed by atoms with van der Waals surface area (Å²) in [5, 5.41) is 30.2. The van der Waals surface area contributed by atoms with Crippen LogP contribution in [0.2, 0.25) is 0 Å². The van der Waals surface area contributed by atoms with E-state index in [9.17, 15) is 34.2 Å². The van der Waals surface area contributed by atoms with Gasteiger partial charge in [-0.25, -0.2) is 9.59 Å². The predicted molar refractivity (Wildman–Crippen MR) is 162 cm³/mol. The molecule has 0 radical (unpaired) electrons. The number of nitrogens with two attached hydrogens (primary N) is 1. The molecule has 2 rings (SSSR count). The Hall–Kier alpha value is -2.31. The third-order valence-electron chi connectivity index (χ3n) is 6.26. The first-order valence-corrected chi connectivity index (χ1v) is 14.1. The quantitative estimate of drug-likeness (QED) is 0.0592. The van der Waals surface area contributed by atoms with E-state index in [1.54, 1.807) is 13.1 Å². The van der Waals surface area contributed by atoms with Gasteiger partial charge in [-0.3, -0.25) is 9.59 Å². The van der Waals surface area contributed by atoms with Gasteiger partial charge in [0.2, 0.25) is 18.1 Å². The average Bonchev–Trinajstić information content (AvgIpc) is 2.95. The Morgan fingerprint density at radius 3 is 2.38 bits per heavy atom. The number of aliphatic hydroxyl groups excluding tert-OH is 1. The van der Waals surface area contributed by atoms with Gasteiger partial charge in [0.25, 0.3) is 0 Å². The number of rotatable bonds is 16. The third-order valence-corrected chi connectivity index (χ3v) is 6.26. The van der Waals surface area contributed by atoms with Gasteiger partial charge in [-0.05, 0) is 43.5 Å². The number of aliphatic hydroxyl groups is 1. The van der Waals surface area contributed by atoms with Crippen LogP contribution >= 0.6 is 0 Å². The van der Waals surface area contributed by atoms with E-state index >= 15 is 0 Å². The number of ether oxygens (including phenoxy) is 3. The molecule has 5 atom stereocenters. The summed E-state index contributed by atoms with van der Waals surface area (Å²) >= 11 is 0. The fourth-order valence-corrected chi connectivity index (χ4v) is 4.25. The zero-order chi connectivity index (χ0) is 32.5. The Kier molecular flexibility index (Phi) is 23.8. The van der Waals surface area contributed by atoms with Crippen molar-refractivity contribution in [1.29, 1.82) is 0 Å². The first-order valence-electron chi connectivity index (χ1n) is 14.1. The van der Waals surface area contributed by atoms with Crippen LogP contribution in [0.4, 0.5) is 10.5 Å². The van der Waals surface area contributed by atoms with Crippen LogP contribution in [-0.4, -0.2) is 84.7 Å². The maximum atomic E-state index is 13.5. The molecule has 0 bridgehead atoms. The van der Waals surface area contributed by atoms with Crippen molar-refractivity contribution in [2.75, 3.05) is 18.9 Å². The molecule has 8 N–H and O–H groups in total. The second kappa shape index (κ2) is 23.9. The number of benzene rings is 1. The minimum atomic E-state index is -1.28. The van der Waals surface area contributed by atoms with Gasteiger partial charge in [0.1, 0.15) is 11.8 Å². The van der Waals surface area contributed by atoms with E-state index in [0.717, 1.165) is 0 Å². The molecule has 1 fully saturated rings. The SMILES string of the molecule is CC.CNC(C(=O)NC(CCCNC(N)=O)C(=O)Nc1cc(CO[C-]=O)ccc1OC1CC(O)CC(C(=O)O)O1)C(C)C.[CH3-].[K+]. The zero-order valence-electron chi connectivity index (χ0n) is 27.2. The number of carbonyl (C=O) groups is 4. The van der Waals surface area contributed by atoms with Crippen molar-refractivity contribution in [3.05, 3.63) is 31.2 Å². The van der Waals surface area contributed by atoms with E-state index in [0.29, 0.717) is 12.0 Å². The summed E-state index contributed by atoms with van der Waals surface area (Å²) in [5.41, 5.74) is 5.68. The fraction of sp³-hybridized carbons (Fsp3) is 0.586. The number of nitrogens with one attached hydrogen (secondary N) is 4. The number of primary amides is 1. The molecule has 0 saturated carbocycles. The monoisotopic (exact) mass is 664 g/mol. The smallest absolute Gasteiger partial charge is 0.650 e. The molecule has 45 heavy (non-hydrogen) atoms. The maximum absolute atomic E-state index is 13.5. The molecule has 0 aromatic heterocycles. The molecule has 1 aromatic rings. The van der Waals surface area contributed by atoms with Crippen LogP contribution in [0.3, 0.4) is 0 Å². The van der Waals surface area contributed by atoms with E-state index in [2.05, 4.69) is 26.0 Å². The zero-order valence-corrected chi connectivity index (χ0v) is 30.3. The minimum absolute atomic E-state index is 0. The number of hydrogen-bond acceptors (Lipinski definition) is 10. The van der Waals surface area contributed by atoms with Crippen molar-refractivity contribution < 1.29 is 99.8 Å². The number of carbonyl (C=O) groups excluding carboxylic acids is 4. The largest absolute Gasteiger partial charge is 1.00 e. The molecule has 16 heteroatoms. The normalized spacial score (nSPS) is 18.2. The Morgan fingerprint density at radius 2 is 1.82 bits per heavy atom. The molecule has 5 unspecified atom stereocenters. The van der Waals surface area contributed by atoms with Crippen molar-refractivity contribution in [3.8, 4) is 5.75 Å². The number of urea groups is 1. The summed E-state index contributed by atoms with van der Waals surface area (Å²) < 4.78 is 16.0. The summed E-state index contributed by atoms with van der Waals surface area (Å²) in [6, 6.07) is 2.14. The maximum Gasteiger partial charge on any atom is 1.00 e. The Bertz CT molecular complexity index is 1080. The molecule has 4 amide bonds. The van der Waals surface area contributed by atoms with Crippen LogP contribution < -0.4 is 83.1 Å². The molecule has 1 saturated heterocycles. The second-order valence-corrected chi connectivity index (χ2v) is 9.83. The molecule has 0 aliphatic carbocycles. The molecule has 15 nitrogen and oxygen atoms in total. The van der Waals surface area contributed by atoms with Gasteiger partial charge in [-0.15, -0.1) is 0 Å². The van der Waals surface area contributed by atoms with E-state index in [4.69, 9.17) is 15.2 Å². The molecule has 1 aromatic carbocycles. The van der Waals surface area contributed by atoms with Gasteiger partial charge in [-0.1, -0.05) is 40.2 Å². The number of likely N-dealkylation sites (N-methyl/N-ethyl adjacent to an activating group) is 1. The molecule has 1 aliphatic heterocycles. The summed E-state index contributed by atoms with van der Waals surface area (Å²) in [7, 11) is 1.63. The summed E-state index contributed by atoms with van der Waals surface area (Å²) in [6.07, 6.45) is -3.08. The van der Waals surface area contributed by atoms with Crippen LogP contribution in [0.25, 0.3) is 0 Å². The standard InChI is InChI=1S/C26H38N5O10.C2H6.CH3.K/c1-14(2)22(28-3)24(35)30-17(5-4-8-29-26(27)38)23(34)31-18-9-15(12-39-13-32)6-7-19(18)40-21-11-16(33)10-20(41-21)25(36)37;1-2;;/h6-7,9,14,16-17,20-22,28,33H,4-5,8,10-12H2,1-3H3,(H,30,35)(H,31,34)(H,36,37)(H3,27,29,38);1-2H3;1H3;/q-1;;-1;+1. The Balaban J connectivity index is 0. The summed E-state index contributed by atoms with van der Waals surface area (Å²) in [5.74, 6) is -2.28. The number of anilines is 1. The molecular formula is C29H47KN5O10-. The molecule has 0 spiro atoms. The first-order chi connectivity index (χ1) is 20.4. The van der Waals surface area contributed by atoms with Crippen molar-refractivity contribution in [2.24, 2.45) is 11.7 Å². The Morgan fingerprint density at radius 1 is 1.16 bits per heavy atom. The van der Waals surface area contributed by atoms with Crippen LogP contribution in [0, 0.1) is 13.3 Å².